The van der Waals surface area contributed by atoms with Crippen LogP contribution in [-0.4, -0.2) is 4.98 Å². The summed E-state index contributed by atoms with van der Waals surface area (Å²) in [5, 5.41) is 0. The monoisotopic (exact) mass is 150 g/mol. The van der Waals surface area contributed by atoms with Gasteiger partial charge in [0.2, 0.25) is 0 Å². The molecule has 0 saturated heterocycles. The quantitative estimate of drug-likeness (QED) is 0.663. The van der Waals surface area contributed by atoms with Gasteiger partial charge in [0.15, 0.2) is 0 Å². The number of pyridine rings is 1. The molecular weight excluding hydrogens is 136 g/mol. The predicted octanol–water partition coefficient (Wildman–Crippen LogP) is 1.84. The number of anilines is 1. The average Bonchev–Trinajstić information content (AvgIpc) is 1.96. The lowest BCUT2D eigenvalue weighted by molar-refractivity contribution is 1.05. The number of nitrogens with zero attached hydrogens (tertiary/aromatic N) is 1. The van der Waals surface area contributed by atoms with Gasteiger partial charge in [0.05, 0.1) is 0 Å². The molecule has 0 unspecified atom stereocenters. The van der Waals surface area contributed by atoms with Gasteiger partial charge in [-0.1, -0.05) is 6.92 Å². The molecule has 0 aliphatic carbocycles. The van der Waals surface area contributed by atoms with Gasteiger partial charge in [-0.3, -0.25) is 0 Å². The van der Waals surface area contributed by atoms with E-state index in [0.29, 0.717) is 5.82 Å². The van der Waals surface area contributed by atoms with Crippen molar-refractivity contribution in [3.63, 3.8) is 0 Å². The van der Waals surface area contributed by atoms with Gasteiger partial charge in [0, 0.05) is 5.69 Å². The molecule has 0 amide bonds. The molecule has 1 heterocycles. The average molecular weight is 150 g/mol. The summed E-state index contributed by atoms with van der Waals surface area (Å²) in [4.78, 5) is 4.16. The highest BCUT2D eigenvalue weighted by molar-refractivity contribution is 5.40. The van der Waals surface area contributed by atoms with Crippen LogP contribution in [0.3, 0.4) is 0 Å². The molecule has 1 aromatic rings. The summed E-state index contributed by atoms with van der Waals surface area (Å²) >= 11 is 0. The van der Waals surface area contributed by atoms with Gasteiger partial charge < -0.3 is 5.73 Å². The van der Waals surface area contributed by atoms with Crippen molar-refractivity contribution in [2.24, 2.45) is 0 Å². The van der Waals surface area contributed by atoms with Crippen LogP contribution in [-0.2, 0) is 6.42 Å². The SMILES string of the molecule is CCc1cc(N)nc(C)c1C. The van der Waals surface area contributed by atoms with Crippen LogP contribution < -0.4 is 5.73 Å². The van der Waals surface area contributed by atoms with E-state index < -0.39 is 0 Å². The van der Waals surface area contributed by atoms with Crippen LogP contribution in [0.4, 0.5) is 5.82 Å². The fraction of sp³-hybridized carbons (Fsp3) is 0.444. The summed E-state index contributed by atoms with van der Waals surface area (Å²) in [5.41, 5.74) is 9.20. The summed E-state index contributed by atoms with van der Waals surface area (Å²) in [6.07, 6.45) is 1.03. The van der Waals surface area contributed by atoms with Gasteiger partial charge in [-0.15, -0.1) is 0 Å². The molecule has 0 radical (unpaired) electrons. The fourth-order valence-electron chi connectivity index (χ4n) is 1.20. The van der Waals surface area contributed by atoms with E-state index in [4.69, 9.17) is 5.73 Å². The van der Waals surface area contributed by atoms with E-state index in [1.165, 1.54) is 11.1 Å². The zero-order chi connectivity index (χ0) is 8.43. The van der Waals surface area contributed by atoms with E-state index in [2.05, 4.69) is 18.8 Å². The van der Waals surface area contributed by atoms with E-state index >= 15 is 0 Å². The van der Waals surface area contributed by atoms with Crippen molar-refractivity contribution in [3.8, 4) is 0 Å². The molecule has 2 heteroatoms. The standard InChI is InChI=1S/C9H14N2/c1-4-8-5-9(10)11-7(3)6(8)2/h5H,4H2,1-3H3,(H2,10,11). The molecular formula is C9H14N2. The highest BCUT2D eigenvalue weighted by atomic mass is 14.8. The van der Waals surface area contributed by atoms with Crippen molar-refractivity contribution in [3.05, 3.63) is 22.9 Å². The van der Waals surface area contributed by atoms with Crippen LogP contribution in [0.25, 0.3) is 0 Å². The highest BCUT2D eigenvalue weighted by Crippen LogP contribution is 2.14. The molecule has 0 aliphatic rings. The van der Waals surface area contributed by atoms with E-state index in [0.717, 1.165) is 12.1 Å². The lowest BCUT2D eigenvalue weighted by Crippen LogP contribution is -1.98. The topological polar surface area (TPSA) is 38.9 Å². The van der Waals surface area contributed by atoms with Crippen LogP contribution >= 0.6 is 0 Å². The molecule has 1 aromatic heterocycles. The van der Waals surface area contributed by atoms with Gasteiger partial charge in [-0.05, 0) is 37.5 Å². The molecule has 0 spiro atoms. The lowest BCUT2D eigenvalue weighted by Gasteiger charge is -2.06. The maximum absolute atomic E-state index is 5.59. The van der Waals surface area contributed by atoms with Gasteiger partial charge in [-0.2, -0.15) is 0 Å². The minimum atomic E-state index is 0.630. The molecule has 1 rings (SSSR count). The lowest BCUT2D eigenvalue weighted by atomic mass is 10.1. The Kier molecular flexibility index (Phi) is 2.13. The molecule has 2 N–H and O–H groups in total. The largest absolute Gasteiger partial charge is 0.384 e. The molecule has 0 fully saturated rings. The maximum Gasteiger partial charge on any atom is 0.123 e. The Morgan fingerprint density at radius 3 is 2.64 bits per heavy atom. The molecule has 0 saturated carbocycles. The van der Waals surface area contributed by atoms with Gasteiger partial charge in [0.25, 0.3) is 0 Å². The molecule has 11 heavy (non-hydrogen) atoms. The molecule has 0 bridgehead atoms. The molecule has 60 valence electrons. The Hall–Kier alpha value is -1.05. The predicted molar refractivity (Wildman–Crippen MR) is 47.5 cm³/mol. The number of aromatic nitrogens is 1. The van der Waals surface area contributed by atoms with Gasteiger partial charge in [-0.25, -0.2) is 4.98 Å². The normalized spacial score (nSPS) is 10.1. The third-order valence-corrected chi connectivity index (χ3v) is 2.02. The second-order valence-electron chi connectivity index (χ2n) is 2.77. The Morgan fingerprint density at radius 2 is 2.09 bits per heavy atom. The maximum atomic E-state index is 5.59. The van der Waals surface area contributed by atoms with Crippen molar-refractivity contribution in [1.82, 2.24) is 4.98 Å². The van der Waals surface area contributed by atoms with Crippen molar-refractivity contribution in [2.45, 2.75) is 27.2 Å². The number of hydrogen-bond acceptors (Lipinski definition) is 2. The van der Waals surface area contributed by atoms with E-state index in [1.807, 2.05) is 13.0 Å². The summed E-state index contributed by atoms with van der Waals surface area (Å²) in [5.74, 6) is 0.630. The van der Waals surface area contributed by atoms with Crippen molar-refractivity contribution >= 4 is 5.82 Å². The Bertz CT molecular complexity index is 267. The number of nitrogen functional groups attached to an aromatic ring is 1. The Morgan fingerprint density at radius 1 is 1.45 bits per heavy atom. The molecule has 2 nitrogen and oxygen atoms in total. The van der Waals surface area contributed by atoms with E-state index in [1.54, 1.807) is 0 Å². The number of nitrogens with two attached hydrogens (primary N) is 1. The molecule has 0 aromatic carbocycles. The smallest absolute Gasteiger partial charge is 0.123 e. The first-order chi connectivity index (χ1) is 5.15. The van der Waals surface area contributed by atoms with Crippen LogP contribution in [0.15, 0.2) is 6.07 Å². The summed E-state index contributed by atoms with van der Waals surface area (Å²) in [6, 6.07) is 1.95. The fourth-order valence-corrected chi connectivity index (χ4v) is 1.20. The minimum Gasteiger partial charge on any atom is -0.384 e. The third-order valence-electron chi connectivity index (χ3n) is 2.02. The van der Waals surface area contributed by atoms with Crippen molar-refractivity contribution < 1.29 is 0 Å². The molecule has 0 aliphatic heterocycles. The van der Waals surface area contributed by atoms with Gasteiger partial charge >= 0.3 is 0 Å². The second-order valence-corrected chi connectivity index (χ2v) is 2.77. The minimum absolute atomic E-state index is 0.630. The second kappa shape index (κ2) is 2.91. The third kappa shape index (κ3) is 1.50. The van der Waals surface area contributed by atoms with Crippen LogP contribution in [0.5, 0.6) is 0 Å². The first-order valence-corrected chi connectivity index (χ1v) is 3.87. The van der Waals surface area contributed by atoms with Crippen LogP contribution in [0.1, 0.15) is 23.7 Å². The first kappa shape index (κ1) is 8.05. The Labute approximate surface area is 67.5 Å². The first-order valence-electron chi connectivity index (χ1n) is 3.87. The number of rotatable bonds is 1. The van der Waals surface area contributed by atoms with Gasteiger partial charge in [0.1, 0.15) is 5.82 Å². The van der Waals surface area contributed by atoms with E-state index in [-0.39, 0.29) is 0 Å². The summed E-state index contributed by atoms with van der Waals surface area (Å²) in [7, 11) is 0. The van der Waals surface area contributed by atoms with Crippen molar-refractivity contribution in [2.75, 3.05) is 5.73 Å². The zero-order valence-electron chi connectivity index (χ0n) is 7.31. The van der Waals surface area contributed by atoms with Crippen LogP contribution in [0.2, 0.25) is 0 Å². The highest BCUT2D eigenvalue weighted by Gasteiger charge is 2.01. The van der Waals surface area contributed by atoms with Crippen LogP contribution in [0, 0.1) is 13.8 Å². The number of hydrogen-bond donors (Lipinski definition) is 1. The Balaban J connectivity index is 3.24. The molecule has 0 atom stereocenters. The number of aryl methyl sites for hydroxylation is 2. The van der Waals surface area contributed by atoms with Crippen molar-refractivity contribution in [1.29, 1.82) is 0 Å². The summed E-state index contributed by atoms with van der Waals surface area (Å²) < 4.78 is 0. The van der Waals surface area contributed by atoms with E-state index in [9.17, 15) is 0 Å². The summed E-state index contributed by atoms with van der Waals surface area (Å²) in [6.45, 7) is 6.20. The zero-order valence-corrected chi connectivity index (χ0v) is 7.31.